The van der Waals surface area contributed by atoms with E-state index in [1.54, 1.807) is 0 Å². The number of thiophene rings is 1. The van der Waals surface area contributed by atoms with E-state index in [9.17, 15) is 4.39 Å². The van der Waals surface area contributed by atoms with Gasteiger partial charge >= 0.3 is 0 Å². The number of nitrogens with zero attached hydrogens (tertiary/aromatic N) is 4. The molecule has 3 heterocycles. The summed E-state index contributed by atoms with van der Waals surface area (Å²) < 4.78 is 13.2. The van der Waals surface area contributed by atoms with Gasteiger partial charge in [-0.1, -0.05) is 0 Å². The molecular weight excluding hydrogens is 359 g/mol. The van der Waals surface area contributed by atoms with Crippen LogP contribution in [0.5, 0.6) is 0 Å². The van der Waals surface area contributed by atoms with Crippen molar-refractivity contribution in [3.63, 3.8) is 0 Å². The van der Waals surface area contributed by atoms with Gasteiger partial charge in [0.2, 0.25) is 0 Å². The fourth-order valence-corrected chi connectivity index (χ4v) is 5.60. The molecule has 0 unspecified atom stereocenters. The predicted molar refractivity (Wildman–Crippen MR) is 110 cm³/mol. The van der Waals surface area contributed by atoms with Crippen LogP contribution in [0.4, 0.5) is 15.9 Å². The highest BCUT2D eigenvalue weighted by Gasteiger charge is 2.25. The average molecular weight is 383 g/mol. The quantitative estimate of drug-likeness (QED) is 0.660. The topological polar surface area (TPSA) is 32.3 Å². The van der Waals surface area contributed by atoms with E-state index in [-0.39, 0.29) is 5.82 Å². The van der Waals surface area contributed by atoms with Crippen LogP contribution in [0.2, 0.25) is 0 Å². The van der Waals surface area contributed by atoms with Crippen molar-refractivity contribution in [1.29, 1.82) is 0 Å². The molecule has 0 spiro atoms. The second-order valence-corrected chi connectivity index (χ2v) is 8.52. The van der Waals surface area contributed by atoms with Crippen molar-refractivity contribution in [2.75, 3.05) is 36.0 Å². The molecule has 0 atom stereocenters. The summed E-state index contributed by atoms with van der Waals surface area (Å²) in [5.41, 5.74) is 2.59. The summed E-state index contributed by atoms with van der Waals surface area (Å²) in [7, 11) is 0. The smallest absolute Gasteiger partial charge is 0.141 e. The fourth-order valence-electron chi connectivity index (χ4n) is 4.30. The summed E-state index contributed by atoms with van der Waals surface area (Å²) in [6.07, 6.45) is 4.90. The minimum atomic E-state index is -0.182. The normalized spacial score (nSPS) is 17.4. The maximum Gasteiger partial charge on any atom is 0.141 e. The van der Waals surface area contributed by atoms with Gasteiger partial charge in [0.25, 0.3) is 0 Å². The maximum absolute atomic E-state index is 13.2. The van der Waals surface area contributed by atoms with Crippen molar-refractivity contribution in [3.8, 4) is 0 Å². The molecule has 27 heavy (non-hydrogen) atoms. The highest BCUT2D eigenvalue weighted by atomic mass is 32.1. The molecule has 1 aliphatic carbocycles. The number of fused-ring (bicyclic) bond motifs is 3. The zero-order chi connectivity index (χ0) is 18.4. The van der Waals surface area contributed by atoms with E-state index in [0.717, 1.165) is 54.8 Å². The van der Waals surface area contributed by atoms with Gasteiger partial charge in [-0.2, -0.15) is 0 Å². The molecule has 140 valence electrons. The van der Waals surface area contributed by atoms with Crippen LogP contribution in [0.15, 0.2) is 24.3 Å². The first-order chi connectivity index (χ1) is 13.2. The number of aryl methyl sites for hydroxylation is 3. The van der Waals surface area contributed by atoms with Crippen LogP contribution in [-0.2, 0) is 12.8 Å². The van der Waals surface area contributed by atoms with Gasteiger partial charge in [0.15, 0.2) is 0 Å². The summed E-state index contributed by atoms with van der Waals surface area (Å²) in [6, 6.07) is 6.81. The molecule has 6 heteroatoms. The van der Waals surface area contributed by atoms with Crippen LogP contribution >= 0.6 is 11.3 Å². The molecule has 1 aromatic carbocycles. The highest BCUT2D eigenvalue weighted by Crippen LogP contribution is 2.40. The van der Waals surface area contributed by atoms with Crippen LogP contribution in [0.1, 0.15) is 29.1 Å². The van der Waals surface area contributed by atoms with Crippen molar-refractivity contribution < 1.29 is 4.39 Å². The van der Waals surface area contributed by atoms with E-state index in [1.807, 2.05) is 30.4 Å². The molecule has 2 aliphatic rings. The molecule has 2 aromatic heterocycles. The molecule has 4 nitrogen and oxygen atoms in total. The number of anilines is 2. The van der Waals surface area contributed by atoms with Crippen molar-refractivity contribution in [1.82, 2.24) is 9.97 Å². The molecule has 0 saturated carbocycles. The van der Waals surface area contributed by atoms with Crippen molar-refractivity contribution in [3.05, 3.63) is 46.3 Å². The Labute approximate surface area is 162 Å². The molecule has 1 fully saturated rings. The van der Waals surface area contributed by atoms with E-state index in [2.05, 4.69) is 9.80 Å². The summed E-state index contributed by atoms with van der Waals surface area (Å²) in [4.78, 5) is 17.0. The first-order valence-corrected chi connectivity index (χ1v) is 10.5. The Morgan fingerprint density at radius 3 is 2.41 bits per heavy atom. The van der Waals surface area contributed by atoms with Gasteiger partial charge in [0.05, 0.1) is 5.39 Å². The predicted octanol–water partition coefficient (Wildman–Crippen LogP) is 4.34. The number of hydrogen-bond donors (Lipinski definition) is 0. The van der Waals surface area contributed by atoms with Crippen molar-refractivity contribution >= 4 is 33.1 Å². The van der Waals surface area contributed by atoms with Crippen LogP contribution in [0.25, 0.3) is 10.2 Å². The van der Waals surface area contributed by atoms with E-state index < -0.39 is 0 Å². The Morgan fingerprint density at radius 1 is 0.926 bits per heavy atom. The largest absolute Gasteiger partial charge is 0.368 e. The van der Waals surface area contributed by atoms with Gasteiger partial charge < -0.3 is 9.80 Å². The molecule has 0 amide bonds. The highest BCUT2D eigenvalue weighted by molar-refractivity contribution is 7.19. The number of benzene rings is 1. The number of aromatic nitrogens is 2. The van der Waals surface area contributed by atoms with E-state index in [1.165, 1.54) is 47.2 Å². The van der Waals surface area contributed by atoms with Crippen LogP contribution in [0.3, 0.4) is 0 Å². The first kappa shape index (κ1) is 16.9. The maximum atomic E-state index is 13.2. The summed E-state index contributed by atoms with van der Waals surface area (Å²) in [5.74, 6) is 1.80. The van der Waals surface area contributed by atoms with Crippen molar-refractivity contribution in [2.24, 2.45) is 0 Å². The third-order valence-corrected chi connectivity index (χ3v) is 6.86. The third kappa shape index (κ3) is 3.06. The Morgan fingerprint density at radius 2 is 1.63 bits per heavy atom. The standard InChI is InChI=1S/C21H23FN4S/c1-14-23-20(19-17-4-2-3-5-18(17)27-21(19)24-14)26-12-10-25(11-13-26)16-8-6-15(22)7-9-16/h6-9H,2-5,10-13H2,1H3. The average Bonchev–Trinajstić information content (AvgIpc) is 3.06. The second-order valence-electron chi connectivity index (χ2n) is 7.44. The molecule has 1 saturated heterocycles. The lowest BCUT2D eigenvalue weighted by Gasteiger charge is -2.37. The van der Waals surface area contributed by atoms with E-state index in [4.69, 9.17) is 9.97 Å². The van der Waals surface area contributed by atoms with Gasteiger partial charge in [0, 0.05) is 36.7 Å². The van der Waals surface area contributed by atoms with Gasteiger partial charge in [-0.25, -0.2) is 14.4 Å². The van der Waals surface area contributed by atoms with Crippen LogP contribution < -0.4 is 9.80 Å². The van der Waals surface area contributed by atoms with Crippen LogP contribution in [0, 0.1) is 12.7 Å². The lowest BCUT2D eigenvalue weighted by Crippen LogP contribution is -2.47. The van der Waals surface area contributed by atoms with E-state index >= 15 is 0 Å². The van der Waals surface area contributed by atoms with Gasteiger partial charge in [0.1, 0.15) is 22.3 Å². The summed E-state index contributed by atoms with van der Waals surface area (Å²) >= 11 is 1.87. The Balaban J connectivity index is 1.44. The third-order valence-electron chi connectivity index (χ3n) is 5.68. The first-order valence-electron chi connectivity index (χ1n) is 9.73. The molecule has 3 aromatic rings. The molecule has 0 N–H and O–H groups in total. The number of rotatable bonds is 2. The van der Waals surface area contributed by atoms with Gasteiger partial charge in [-0.05, 0) is 62.4 Å². The Bertz CT molecular complexity index is 974. The minimum Gasteiger partial charge on any atom is -0.368 e. The lowest BCUT2D eigenvalue weighted by atomic mass is 9.97. The SMILES string of the molecule is Cc1nc(N2CCN(c3ccc(F)cc3)CC2)c2c3c(sc2n1)CCCC3. The Kier molecular flexibility index (Phi) is 4.23. The summed E-state index contributed by atoms with van der Waals surface area (Å²) in [5, 5.41) is 1.30. The molecule has 0 bridgehead atoms. The molecule has 0 radical (unpaired) electrons. The number of piperazine rings is 1. The van der Waals surface area contributed by atoms with Crippen molar-refractivity contribution in [2.45, 2.75) is 32.6 Å². The van der Waals surface area contributed by atoms with E-state index in [0.29, 0.717) is 0 Å². The number of hydrogen-bond acceptors (Lipinski definition) is 5. The van der Waals surface area contributed by atoms with Gasteiger partial charge in [-0.15, -0.1) is 11.3 Å². The monoisotopic (exact) mass is 382 g/mol. The molecular formula is C21H23FN4S. The summed E-state index contributed by atoms with van der Waals surface area (Å²) in [6.45, 7) is 5.68. The molecule has 1 aliphatic heterocycles. The van der Waals surface area contributed by atoms with Crippen LogP contribution in [-0.4, -0.2) is 36.1 Å². The number of halogens is 1. The fraction of sp³-hybridized carbons (Fsp3) is 0.429. The minimum absolute atomic E-state index is 0.182. The van der Waals surface area contributed by atoms with Gasteiger partial charge in [-0.3, -0.25) is 0 Å². The second kappa shape index (κ2) is 6.75. The molecule has 5 rings (SSSR count). The lowest BCUT2D eigenvalue weighted by molar-refractivity contribution is 0.624. The Hall–Kier alpha value is -2.21. The zero-order valence-electron chi connectivity index (χ0n) is 15.5. The zero-order valence-corrected chi connectivity index (χ0v) is 16.4.